The van der Waals surface area contributed by atoms with Crippen molar-refractivity contribution in [2.45, 2.75) is 45.0 Å². The quantitative estimate of drug-likeness (QED) is 0.771. The Morgan fingerprint density at radius 3 is 3.07 bits per heavy atom. The minimum Gasteiger partial charge on any atom is -0.380 e. The Morgan fingerprint density at radius 1 is 1.60 bits per heavy atom. The van der Waals surface area contributed by atoms with Gasteiger partial charge in [-0.05, 0) is 31.4 Å². The van der Waals surface area contributed by atoms with Crippen LogP contribution in [-0.4, -0.2) is 23.8 Å². The molecular formula is C12H20N2O. The van der Waals surface area contributed by atoms with Gasteiger partial charge in [-0.25, -0.2) is 0 Å². The Hall–Kier alpha value is -0.800. The number of nitrogens with one attached hydrogen (secondary N) is 1. The average molecular weight is 208 g/mol. The molecule has 1 aromatic rings. The molecule has 0 aromatic carbocycles. The fraction of sp³-hybridized carbons (Fsp3) is 0.667. The summed E-state index contributed by atoms with van der Waals surface area (Å²) >= 11 is 0. The first-order chi connectivity index (χ1) is 7.28. The molecule has 0 radical (unpaired) electrons. The van der Waals surface area contributed by atoms with Gasteiger partial charge in [0.05, 0.1) is 6.10 Å². The monoisotopic (exact) mass is 208 g/mol. The molecule has 2 rings (SSSR count). The maximum Gasteiger partial charge on any atom is 0.0721 e. The Balaban J connectivity index is 1.79. The zero-order valence-electron chi connectivity index (χ0n) is 9.57. The molecule has 3 nitrogen and oxygen atoms in total. The Bertz CT molecular complexity index is 304. The molecule has 1 aromatic heterocycles. The summed E-state index contributed by atoms with van der Waals surface area (Å²) in [5, 5.41) is 3.51. The lowest BCUT2D eigenvalue weighted by atomic mass is 10.3. The molecule has 1 heterocycles. The van der Waals surface area contributed by atoms with Crippen molar-refractivity contribution in [2.75, 3.05) is 7.11 Å². The van der Waals surface area contributed by atoms with E-state index in [1.54, 1.807) is 7.11 Å². The van der Waals surface area contributed by atoms with Gasteiger partial charge in [-0.2, -0.15) is 0 Å². The molecule has 1 N–H and O–H groups in total. The van der Waals surface area contributed by atoms with Crippen molar-refractivity contribution < 1.29 is 4.74 Å². The number of hydrogen-bond donors (Lipinski definition) is 1. The molecule has 0 bridgehead atoms. The molecule has 15 heavy (non-hydrogen) atoms. The smallest absolute Gasteiger partial charge is 0.0721 e. The first-order valence-electron chi connectivity index (χ1n) is 5.69. The second kappa shape index (κ2) is 4.81. The van der Waals surface area contributed by atoms with E-state index in [1.807, 2.05) is 0 Å². The number of rotatable bonds is 6. The second-order valence-electron chi connectivity index (χ2n) is 4.42. The molecule has 3 heteroatoms. The Morgan fingerprint density at radius 2 is 2.40 bits per heavy atom. The summed E-state index contributed by atoms with van der Waals surface area (Å²) in [6, 6.07) is 2.96. The van der Waals surface area contributed by atoms with Crippen molar-refractivity contribution in [3.05, 3.63) is 24.0 Å². The van der Waals surface area contributed by atoms with Crippen LogP contribution >= 0.6 is 0 Å². The van der Waals surface area contributed by atoms with Crippen molar-refractivity contribution in [3.8, 4) is 0 Å². The minimum absolute atomic E-state index is 0.279. The van der Waals surface area contributed by atoms with Crippen LogP contribution in [0.2, 0.25) is 0 Å². The SMILES string of the molecule is COC(C)Cn1ccc(CNC2CC2)c1. The minimum atomic E-state index is 0.279. The van der Waals surface area contributed by atoms with E-state index >= 15 is 0 Å². The van der Waals surface area contributed by atoms with Gasteiger partial charge >= 0.3 is 0 Å². The Kier molecular flexibility index (Phi) is 3.44. The molecule has 1 atom stereocenters. The van der Waals surface area contributed by atoms with Crippen molar-refractivity contribution in [1.82, 2.24) is 9.88 Å². The number of hydrogen-bond acceptors (Lipinski definition) is 2. The van der Waals surface area contributed by atoms with Crippen LogP contribution in [0.25, 0.3) is 0 Å². The van der Waals surface area contributed by atoms with Crippen LogP contribution in [0.1, 0.15) is 25.3 Å². The summed E-state index contributed by atoms with van der Waals surface area (Å²) in [6.45, 7) is 4.01. The molecule has 0 spiro atoms. The third-order valence-corrected chi connectivity index (χ3v) is 2.85. The van der Waals surface area contributed by atoms with Gasteiger partial charge in [-0.1, -0.05) is 0 Å². The highest BCUT2D eigenvalue weighted by Crippen LogP contribution is 2.19. The van der Waals surface area contributed by atoms with Crippen LogP contribution in [0, 0.1) is 0 Å². The largest absolute Gasteiger partial charge is 0.380 e. The number of aromatic nitrogens is 1. The fourth-order valence-electron chi connectivity index (χ4n) is 1.63. The summed E-state index contributed by atoms with van der Waals surface area (Å²) < 4.78 is 7.43. The zero-order chi connectivity index (χ0) is 10.7. The van der Waals surface area contributed by atoms with Gasteiger partial charge in [0.1, 0.15) is 0 Å². The van der Waals surface area contributed by atoms with Gasteiger partial charge in [0.15, 0.2) is 0 Å². The third kappa shape index (κ3) is 3.36. The van der Waals surface area contributed by atoms with Crippen LogP contribution in [0.15, 0.2) is 18.5 Å². The summed E-state index contributed by atoms with van der Waals surface area (Å²) in [5.74, 6) is 0. The fourth-order valence-corrected chi connectivity index (χ4v) is 1.63. The molecule has 1 fully saturated rings. The van der Waals surface area contributed by atoms with Crippen LogP contribution in [-0.2, 0) is 17.8 Å². The third-order valence-electron chi connectivity index (χ3n) is 2.85. The number of nitrogens with zero attached hydrogens (tertiary/aromatic N) is 1. The van der Waals surface area contributed by atoms with Gasteiger partial charge in [0.2, 0.25) is 0 Å². The van der Waals surface area contributed by atoms with Crippen LogP contribution in [0.5, 0.6) is 0 Å². The summed E-state index contributed by atoms with van der Waals surface area (Å²) in [5.41, 5.74) is 1.37. The highest BCUT2D eigenvalue weighted by atomic mass is 16.5. The topological polar surface area (TPSA) is 26.2 Å². The van der Waals surface area contributed by atoms with Crippen molar-refractivity contribution in [3.63, 3.8) is 0 Å². The molecular weight excluding hydrogens is 188 g/mol. The number of ether oxygens (including phenoxy) is 1. The van der Waals surface area contributed by atoms with Crippen LogP contribution < -0.4 is 5.32 Å². The summed E-state index contributed by atoms with van der Waals surface area (Å²) in [4.78, 5) is 0. The lowest BCUT2D eigenvalue weighted by molar-refractivity contribution is 0.103. The lowest BCUT2D eigenvalue weighted by Crippen LogP contribution is -2.15. The van der Waals surface area contributed by atoms with Crippen LogP contribution in [0.4, 0.5) is 0 Å². The predicted octanol–water partition coefficient (Wildman–Crippen LogP) is 1.78. The summed E-state index contributed by atoms with van der Waals surface area (Å²) in [6.07, 6.45) is 7.30. The molecule has 0 amide bonds. The van der Waals surface area contributed by atoms with Crippen molar-refractivity contribution in [2.24, 2.45) is 0 Å². The van der Waals surface area contributed by atoms with Gasteiger partial charge < -0.3 is 14.6 Å². The van der Waals surface area contributed by atoms with Crippen LogP contribution in [0.3, 0.4) is 0 Å². The molecule has 84 valence electrons. The average Bonchev–Trinajstić information content (AvgIpc) is 2.97. The second-order valence-corrected chi connectivity index (χ2v) is 4.42. The first-order valence-corrected chi connectivity index (χ1v) is 5.69. The number of methoxy groups -OCH3 is 1. The maximum atomic E-state index is 5.24. The molecule has 0 aliphatic heterocycles. The predicted molar refractivity (Wildman–Crippen MR) is 60.8 cm³/mol. The normalized spacial score (nSPS) is 18.0. The zero-order valence-corrected chi connectivity index (χ0v) is 9.57. The van der Waals surface area contributed by atoms with E-state index < -0.39 is 0 Å². The maximum absolute atomic E-state index is 5.24. The first kappa shape index (κ1) is 10.7. The molecule has 1 saturated carbocycles. The van der Waals surface area contributed by atoms with E-state index in [9.17, 15) is 0 Å². The van der Waals surface area contributed by atoms with E-state index in [4.69, 9.17) is 4.74 Å². The Labute approximate surface area is 91.4 Å². The van der Waals surface area contributed by atoms with Gasteiger partial charge in [-0.15, -0.1) is 0 Å². The molecule has 1 aliphatic rings. The van der Waals surface area contributed by atoms with Gasteiger partial charge in [0.25, 0.3) is 0 Å². The highest BCUT2D eigenvalue weighted by Gasteiger charge is 2.19. The lowest BCUT2D eigenvalue weighted by Gasteiger charge is -2.09. The standard InChI is InChI=1S/C12H20N2O/c1-10(15-2)8-14-6-5-11(9-14)7-13-12-3-4-12/h5-6,9-10,12-13H,3-4,7-8H2,1-2H3. The molecule has 1 aliphatic carbocycles. The van der Waals surface area contributed by atoms with E-state index in [0.29, 0.717) is 0 Å². The van der Waals surface area contributed by atoms with Crippen molar-refractivity contribution >= 4 is 0 Å². The van der Waals surface area contributed by atoms with E-state index in [2.05, 4.69) is 35.3 Å². The highest BCUT2D eigenvalue weighted by molar-refractivity contribution is 5.10. The summed E-state index contributed by atoms with van der Waals surface area (Å²) in [7, 11) is 1.75. The van der Waals surface area contributed by atoms with E-state index in [-0.39, 0.29) is 6.10 Å². The van der Waals surface area contributed by atoms with Crippen molar-refractivity contribution in [1.29, 1.82) is 0 Å². The van der Waals surface area contributed by atoms with Gasteiger partial charge in [-0.3, -0.25) is 0 Å². The molecule has 1 unspecified atom stereocenters. The van der Waals surface area contributed by atoms with Gasteiger partial charge in [0, 0.05) is 38.6 Å². The molecule has 0 saturated heterocycles. The van der Waals surface area contributed by atoms with E-state index in [1.165, 1.54) is 18.4 Å². The van der Waals surface area contributed by atoms with E-state index in [0.717, 1.165) is 19.1 Å².